The number of ether oxygens (including phenoxy) is 2. The molecule has 1 amide bonds. The highest BCUT2D eigenvalue weighted by Crippen LogP contribution is 2.45. The van der Waals surface area contributed by atoms with Crippen LogP contribution in [0.4, 0.5) is 4.39 Å². The second-order valence-corrected chi connectivity index (χ2v) is 13.5. The average molecular weight is 622 g/mol. The van der Waals surface area contributed by atoms with Gasteiger partial charge in [0, 0.05) is 35.2 Å². The Morgan fingerprint density at radius 1 is 1.00 bits per heavy atom. The molecule has 230 valence electrons. The number of carbonyl (C=O) groups is 2. The molecule has 0 spiro atoms. The van der Waals surface area contributed by atoms with Gasteiger partial charge in [-0.2, -0.15) is 0 Å². The average Bonchev–Trinajstić information content (AvgIpc) is 3.63. The molecule has 5 rings (SSSR count). The second-order valence-electron chi connectivity index (χ2n) is 12.6. The summed E-state index contributed by atoms with van der Waals surface area (Å²) in [6, 6.07) is 9.19. The van der Waals surface area contributed by atoms with Gasteiger partial charge in [-0.3, -0.25) is 14.5 Å². The first kappa shape index (κ1) is 32.6. The van der Waals surface area contributed by atoms with Crippen LogP contribution in [0, 0.1) is 11.7 Å². The summed E-state index contributed by atoms with van der Waals surface area (Å²) in [6.45, 7) is 12.1. The summed E-state index contributed by atoms with van der Waals surface area (Å²) in [5.74, 6) is 0.763. The number of benzene rings is 2. The summed E-state index contributed by atoms with van der Waals surface area (Å²) in [7, 11) is 0. The lowest BCUT2D eigenvalue weighted by Gasteiger charge is -2.36. The molecule has 2 saturated heterocycles. The van der Waals surface area contributed by atoms with E-state index in [4.69, 9.17) is 27.9 Å². The van der Waals surface area contributed by atoms with Crippen LogP contribution in [0.25, 0.3) is 0 Å². The maximum absolute atomic E-state index is 15.0. The van der Waals surface area contributed by atoms with E-state index in [0.717, 1.165) is 75.8 Å². The molecule has 0 N–H and O–H groups in total. The van der Waals surface area contributed by atoms with E-state index in [1.54, 1.807) is 17.0 Å². The predicted molar refractivity (Wildman–Crippen MR) is 165 cm³/mol. The maximum atomic E-state index is 15.0. The number of hydrogen-bond acceptors (Lipinski definition) is 5. The van der Waals surface area contributed by atoms with Crippen LogP contribution in [0.15, 0.2) is 30.3 Å². The highest BCUT2D eigenvalue weighted by atomic mass is 35.5. The Hall–Kier alpha value is -2.35. The van der Waals surface area contributed by atoms with Gasteiger partial charge in [0.25, 0.3) is 12.4 Å². The van der Waals surface area contributed by atoms with Gasteiger partial charge in [-0.25, -0.2) is 4.39 Å². The zero-order chi connectivity index (χ0) is 30.4. The molecule has 1 atom stereocenters. The molecule has 42 heavy (non-hydrogen) atoms. The first-order valence-corrected chi connectivity index (χ1v) is 15.8. The van der Waals surface area contributed by atoms with Crippen LogP contribution in [0.3, 0.4) is 0 Å². The van der Waals surface area contributed by atoms with E-state index in [2.05, 4.69) is 16.6 Å². The molecule has 2 aromatic rings. The molecule has 2 aliphatic heterocycles. The number of rotatable bonds is 8. The van der Waals surface area contributed by atoms with Crippen molar-refractivity contribution in [2.24, 2.45) is 5.92 Å². The number of nitrogens with zero attached hydrogens (tertiary/aromatic N) is 2. The number of amides is 1. The Morgan fingerprint density at radius 2 is 1.62 bits per heavy atom. The zero-order valence-corrected chi connectivity index (χ0v) is 26.6. The topological polar surface area (TPSA) is 59.1 Å². The van der Waals surface area contributed by atoms with Crippen LogP contribution in [-0.2, 0) is 9.53 Å². The second kappa shape index (κ2) is 14.4. The van der Waals surface area contributed by atoms with Crippen LogP contribution < -0.4 is 4.74 Å². The van der Waals surface area contributed by atoms with E-state index in [1.807, 2.05) is 32.9 Å². The molecular formula is C33H43Cl2FN2O4. The first-order valence-electron chi connectivity index (χ1n) is 15.0. The van der Waals surface area contributed by atoms with Gasteiger partial charge in [0.1, 0.15) is 17.2 Å². The summed E-state index contributed by atoms with van der Waals surface area (Å²) in [5.41, 5.74) is 2.01. The van der Waals surface area contributed by atoms with E-state index in [1.165, 1.54) is 6.07 Å². The third kappa shape index (κ3) is 9.08. The number of hydrogen-bond donors (Lipinski definition) is 0. The molecule has 1 saturated carbocycles. The zero-order valence-electron chi connectivity index (χ0n) is 25.1. The predicted octanol–water partition coefficient (Wildman–Crippen LogP) is 8.06. The SMILES string of the molecule is CC(C)(C)OC=O.CC(c1cc(Cl)cc(Cl)c1)N1CCC(COc2cc(F)c(C(=O)N3CCCC3)cc2C2CC2)CC1. The van der Waals surface area contributed by atoms with Gasteiger partial charge in [-0.1, -0.05) is 23.2 Å². The summed E-state index contributed by atoms with van der Waals surface area (Å²) in [6.07, 6.45) is 6.17. The summed E-state index contributed by atoms with van der Waals surface area (Å²) >= 11 is 12.4. The Kier molecular flexibility index (Phi) is 11.2. The number of carbonyl (C=O) groups excluding carboxylic acids is 2. The fourth-order valence-corrected chi connectivity index (χ4v) is 6.09. The molecule has 0 aromatic heterocycles. The van der Waals surface area contributed by atoms with Crippen molar-refractivity contribution in [2.45, 2.75) is 83.8 Å². The molecule has 0 radical (unpaired) electrons. The fraction of sp³-hybridized carbons (Fsp3) is 0.576. The molecule has 2 heterocycles. The van der Waals surface area contributed by atoms with Crippen LogP contribution in [-0.4, -0.2) is 60.6 Å². The van der Waals surface area contributed by atoms with Crippen molar-refractivity contribution < 1.29 is 23.5 Å². The van der Waals surface area contributed by atoms with Crippen molar-refractivity contribution in [1.29, 1.82) is 0 Å². The summed E-state index contributed by atoms with van der Waals surface area (Å²) < 4.78 is 25.7. The van der Waals surface area contributed by atoms with E-state index in [0.29, 0.717) is 40.7 Å². The monoisotopic (exact) mass is 620 g/mol. The molecule has 3 fully saturated rings. The summed E-state index contributed by atoms with van der Waals surface area (Å²) in [4.78, 5) is 26.6. The minimum Gasteiger partial charge on any atom is -0.493 e. The number of piperidine rings is 1. The van der Waals surface area contributed by atoms with Crippen LogP contribution in [0.1, 0.15) is 99.7 Å². The van der Waals surface area contributed by atoms with E-state index >= 15 is 0 Å². The first-order chi connectivity index (χ1) is 19.9. The lowest BCUT2D eigenvalue weighted by Crippen LogP contribution is -2.37. The smallest absolute Gasteiger partial charge is 0.293 e. The van der Waals surface area contributed by atoms with Crippen molar-refractivity contribution >= 4 is 35.6 Å². The fourth-order valence-electron chi connectivity index (χ4n) is 5.55. The van der Waals surface area contributed by atoms with Gasteiger partial charge < -0.3 is 14.4 Å². The Bertz CT molecular complexity index is 1210. The van der Waals surface area contributed by atoms with E-state index in [-0.39, 0.29) is 23.1 Å². The van der Waals surface area contributed by atoms with Crippen molar-refractivity contribution in [3.8, 4) is 5.75 Å². The van der Waals surface area contributed by atoms with Crippen LogP contribution in [0.2, 0.25) is 10.0 Å². The van der Waals surface area contributed by atoms with Gasteiger partial charge in [0.05, 0.1) is 12.2 Å². The van der Waals surface area contributed by atoms with Crippen LogP contribution >= 0.6 is 23.2 Å². The normalized spacial score (nSPS) is 18.7. The van der Waals surface area contributed by atoms with Gasteiger partial charge in [0.2, 0.25) is 0 Å². The molecule has 1 unspecified atom stereocenters. The summed E-state index contributed by atoms with van der Waals surface area (Å²) in [5, 5.41) is 1.32. The van der Waals surface area contributed by atoms with E-state index in [9.17, 15) is 14.0 Å². The van der Waals surface area contributed by atoms with Crippen molar-refractivity contribution in [2.75, 3.05) is 32.8 Å². The minimum atomic E-state index is -0.467. The third-order valence-electron chi connectivity index (χ3n) is 8.18. The highest BCUT2D eigenvalue weighted by molar-refractivity contribution is 6.34. The lowest BCUT2D eigenvalue weighted by molar-refractivity contribution is -0.138. The highest BCUT2D eigenvalue weighted by Gasteiger charge is 2.32. The third-order valence-corrected chi connectivity index (χ3v) is 8.62. The largest absolute Gasteiger partial charge is 0.493 e. The van der Waals surface area contributed by atoms with E-state index < -0.39 is 5.82 Å². The maximum Gasteiger partial charge on any atom is 0.293 e. The molecule has 6 nitrogen and oxygen atoms in total. The molecular weight excluding hydrogens is 578 g/mol. The van der Waals surface area contributed by atoms with Crippen LogP contribution in [0.5, 0.6) is 5.75 Å². The Morgan fingerprint density at radius 3 is 2.14 bits per heavy atom. The Labute approximate surface area is 259 Å². The van der Waals surface area contributed by atoms with Gasteiger partial charge >= 0.3 is 0 Å². The van der Waals surface area contributed by atoms with Crippen molar-refractivity contribution in [3.63, 3.8) is 0 Å². The number of likely N-dealkylation sites (tertiary alicyclic amines) is 2. The minimum absolute atomic E-state index is 0.184. The molecule has 1 aliphatic carbocycles. The molecule has 3 aliphatic rings. The number of halogens is 3. The van der Waals surface area contributed by atoms with Gasteiger partial charge in [-0.05, 0) is 127 Å². The lowest BCUT2D eigenvalue weighted by atomic mass is 9.95. The van der Waals surface area contributed by atoms with Crippen molar-refractivity contribution in [3.05, 3.63) is 62.9 Å². The molecule has 9 heteroatoms. The molecule has 0 bridgehead atoms. The van der Waals surface area contributed by atoms with Crippen molar-refractivity contribution in [1.82, 2.24) is 9.80 Å². The molecule has 2 aromatic carbocycles. The standard InChI is InChI=1S/C28H33Cl2FN2O2.C5H10O2/c1-18(21-12-22(29)14-23(30)13-21)32-10-6-19(7-11-32)17-35-27-16-26(31)25(15-24(27)20-4-5-20)28(34)33-8-2-3-9-33;1-5(2,3)7-4-6/h12-16,18-20H,2-11,17H2,1H3;4H,1-3H3. The quantitative estimate of drug-likeness (QED) is 0.279. The van der Waals surface area contributed by atoms with Gasteiger partial charge in [-0.15, -0.1) is 0 Å². The Balaban J connectivity index is 0.000000517. The van der Waals surface area contributed by atoms with Gasteiger partial charge in [0.15, 0.2) is 0 Å².